The predicted molar refractivity (Wildman–Crippen MR) is 74.5 cm³/mol. The number of likely N-dealkylation sites (tertiary alicyclic amines) is 1. The quantitative estimate of drug-likeness (QED) is 0.899. The average Bonchev–Trinajstić information content (AvgIpc) is 2.29. The highest BCUT2D eigenvalue weighted by Crippen LogP contribution is 2.31. The van der Waals surface area contributed by atoms with Crippen LogP contribution in [0.5, 0.6) is 0 Å². The fourth-order valence-corrected chi connectivity index (χ4v) is 3.23. The lowest BCUT2D eigenvalue weighted by Crippen LogP contribution is -2.30. The summed E-state index contributed by atoms with van der Waals surface area (Å²) in [6, 6.07) is 7.08. The van der Waals surface area contributed by atoms with Gasteiger partial charge in [-0.3, -0.25) is 0 Å². The molecule has 0 bridgehead atoms. The van der Waals surface area contributed by atoms with Crippen molar-refractivity contribution >= 4 is 22.4 Å². The Morgan fingerprint density at radius 3 is 2.33 bits per heavy atom. The van der Waals surface area contributed by atoms with Crippen LogP contribution in [0.1, 0.15) is 24.3 Å². The summed E-state index contributed by atoms with van der Waals surface area (Å²) < 4.78 is 23.1. The van der Waals surface area contributed by atoms with Gasteiger partial charge in [0.15, 0.2) is 0 Å². The van der Waals surface area contributed by atoms with Crippen LogP contribution >= 0.6 is 12.4 Å². The molecule has 2 N–H and O–H groups in total. The Balaban J connectivity index is 0.00000162. The smallest absolute Gasteiger partial charge is 0.238 e. The molecule has 0 aromatic heterocycles. The van der Waals surface area contributed by atoms with Crippen LogP contribution in [0.25, 0.3) is 0 Å². The molecule has 0 radical (unpaired) electrons. The molecule has 0 aliphatic carbocycles. The van der Waals surface area contributed by atoms with E-state index in [9.17, 15) is 8.42 Å². The summed E-state index contributed by atoms with van der Waals surface area (Å²) in [5.41, 5.74) is 0.878. The van der Waals surface area contributed by atoms with Gasteiger partial charge in [-0.1, -0.05) is 18.2 Å². The van der Waals surface area contributed by atoms with Crippen LogP contribution in [-0.4, -0.2) is 33.5 Å². The van der Waals surface area contributed by atoms with E-state index in [0.29, 0.717) is 5.92 Å². The number of rotatable bonds is 2. The van der Waals surface area contributed by atoms with Crippen molar-refractivity contribution < 1.29 is 8.42 Å². The molecule has 0 saturated carbocycles. The van der Waals surface area contributed by atoms with E-state index in [0.717, 1.165) is 31.5 Å². The predicted octanol–water partition coefficient (Wildman–Crippen LogP) is 1.56. The highest BCUT2D eigenvalue weighted by molar-refractivity contribution is 7.89. The van der Waals surface area contributed by atoms with Crippen molar-refractivity contribution in [1.82, 2.24) is 4.90 Å². The molecule has 102 valence electrons. The molecule has 0 amide bonds. The monoisotopic (exact) mass is 290 g/mol. The summed E-state index contributed by atoms with van der Waals surface area (Å²) in [7, 11) is -1.52. The molecule has 1 aliphatic heterocycles. The maximum atomic E-state index is 11.5. The minimum absolute atomic E-state index is 0. The molecule has 0 atom stereocenters. The zero-order chi connectivity index (χ0) is 12.5. The van der Waals surface area contributed by atoms with Crippen LogP contribution in [0.15, 0.2) is 29.2 Å². The summed E-state index contributed by atoms with van der Waals surface area (Å²) in [5, 5.41) is 5.25. The Morgan fingerprint density at radius 1 is 1.22 bits per heavy atom. The summed E-state index contributed by atoms with van der Waals surface area (Å²) in [6.45, 7) is 2.01. The Hall–Kier alpha value is -0.620. The van der Waals surface area contributed by atoms with E-state index >= 15 is 0 Å². The van der Waals surface area contributed by atoms with Gasteiger partial charge in [0.2, 0.25) is 10.0 Å². The number of hydrogen-bond acceptors (Lipinski definition) is 3. The van der Waals surface area contributed by atoms with Crippen molar-refractivity contribution in [3.63, 3.8) is 0 Å². The first-order valence-corrected chi connectivity index (χ1v) is 7.33. The van der Waals surface area contributed by atoms with E-state index in [-0.39, 0.29) is 17.3 Å². The number of primary sulfonamides is 1. The summed E-state index contributed by atoms with van der Waals surface area (Å²) in [6.07, 6.45) is 1.98. The fourth-order valence-electron chi connectivity index (χ4n) is 2.40. The number of halogens is 1. The number of hydrogen-bond donors (Lipinski definition) is 1. The van der Waals surface area contributed by atoms with Crippen LogP contribution in [-0.2, 0) is 10.0 Å². The first-order valence-electron chi connectivity index (χ1n) is 5.79. The highest BCUT2D eigenvalue weighted by Gasteiger charge is 2.23. The molecule has 4 nitrogen and oxygen atoms in total. The molecular weight excluding hydrogens is 272 g/mol. The average molecular weight is 291 g/mol. The fraction of sp³-hybridized carbons (Fsp3) is 0.500. The van der Waals surface area contributed by atoms with Gasteiger partial charge in [-0.2, -0.15) is 0 Å². The first kappa shape index (κ1) is 15.4. The minimum Gasteiger partial charge on any atom is -0.306 e. The van der Waals surface area contributed by atoms with Crippen molar-refractivity contribution in [2.45, 2.75) is 23.7 Å². The Morgan fingerprint density at radius 2 is 1.78 bits per heavy atom. The summed E-state index contributed by atoms with van der Waals surface area (Å²) in [4.78, 5) is 2.55. The normalized spacial score (nSPS) is 18.3. The van der Waals surface area contributed by atoms with E-state index in [1.165, 1.54) is 0 Å². The zero-order valence-corrected chi connectivity index (χ0v) is 12.0. The topological polar surface area (TPSA) is 63.4 Å². The molecule has 6 heteroatoms. The second-order valence-electron chi connectivity index (χ2n) is 4.66. The van der Waals surface area contributed by atoms with Crippen LogP contribution in [0.3, 0.4) is 0 Å². The molecule has 1 aromatic rings. The van der Waals surface area contributed by atoms with Crippen molar-refractivity contribution in [1.29, 1.82) is 0 Å². The van der Waals surface area contributed by atoms with E-state index in [1.54, 1.807) is 12.1 Å². The minimum atomic E-state index is -3.61. The molecular formula is C12H19ClN2O2S. The molecule has 1 fully saturated rings. The largest absolute Gasteiger partial charge is 0.306 e. The SMILES string of the molecule is CN1CCC(c2ccccc2S(N)(=O)=O)CC1.Cl. The number of piperidine rings is 1. The van der Waals surface area contributed by atoms with Gasteiger partial charge in [-0.05, 0) is 50.5 Å². The van der Waals surface area contributed by atoms with E-state index in [4.69, 9.17) is 5.14 Å². The van der Waals surface area contributed by atoms with Crippen LogP contribution < -0.4 is 5.14 Å². The summed E-state index contributed by atoms with van der Waals surface area (Å²) >= 11 is 0. The van der Waals surface area contributed by atoms with Crippen molar-refractivity contribution in [3.05, 3.63) is 29.8 Å². The van der Waals surface area contributed by atoms with E-state index in [2.05, 4.69) is 11.9 Å². The zero-order valence-electron chi connectivity index (χ0n) is 10.4. The number of sulfonamides is 1. The lowest BCUT2D eigenvalue weighted by molar-refractivity contribution is 0.254. The Kier molecular flexibility index (Phi) is 5.16. The number of nitrogens with two attached hydrogens (primary N) is 1. The van der Waals surface area contributed by atoms with Gasteiger partial charge in [0, 0.05) is 0 Å². The van der Waals surface area contributed by atoms with Gasteiger partial charge in [-0.15, -0.1) is 12.4 Å². The molecule has 1 saturated heterocycles. The molecule has 1 aromatic carbocycles. The molecule has 0 spiro atoms. The lowest BCUT2D eigenvalue weighted by Gasteiger charge is -2.30. The van der Waals surface area contributed by atoms with Crippen LogP contribution in [0.4, 0.5) is 0 Å². The van der Waals surface area contributed by atoms with Gasteiger partial charge >= 0.3 is 0 Å². The third-order valence-corrected chi connectivity index (χ3v) is 4.37. The first-order chi connectivity index (χ1) is 7.98. The van der Waals surface area contributed by atoms with Gasteiger partial charge in [-0.25, -0.2) is 13.6 Å². The van der Waals surface area contributed by atoms with E-state index in [1.807, 2.05) is 12.1 Å². The van der Waals surface area contributed by atoms with Gasteiger partial charge in [0.25, 0.3) is 0 Å². The Labute approximate surface area is 115 Å². The van der Waals surface area contributed by atoms with Crippen molar-refractivity contribution in [3.8, 4) is 0 Å². The van der Waals surface area contributed by atoms with E-state index < -0.39 is 10.0 Å². The van der Waals surface area contributed by atoms with Crippen LogP contribution in [0, 0.1) is 0 Å². The highest BCUT2D eigenvalue weighted by atomic mass is 35.5. The number of benzene rings is 1. The molecule has 1 aliphatic rings. The molecule has 1 heterocycles. The molecule has 18 heavy (non-hydrogen) atoms. The molecule has 0 unspecified atom stereocenters. The molecule has 2 rings (SSSR count). The van der Waals surface area contributed by atoms with Gasteiger partial charge < -0.3 is 4.90 Å². The third-order valence-electron chi connectivity index (χ3n) is 3.38. The number of nitrogens with zero attached hydrogens (tertiary/aromatic N) is 1. The third kappa shape index (κ3) is 3.45. The summed E-state index contributed by atoms with van der Waals surface area (Å²) in [5.74, 6) is 0.306. The standard InChI is InChI=1S/C12H18N2O2S.ClH/c1-14-8-6-10(7-9-14)11-4-2-3-5-12(11)17(13,15)16;/h2-5,10H,6-9H2,1H3,(H2,13,15,16);1H. The maximum Gasteiger partial charge on any atom is 0.238 e. The van der Waals surface area contributed by atoms with Crippen molar-refractivity contribution in [2.75, 3.05) is 20.1 Å². The van der Waals surface area contributed by atoms with Crippen LogP contribution in [0.2, 0.25) is 0 Å². The van der Waals surface area contributed by atoms with Gasteiger partial charge in [0.1, 0.15) is 0 Å². The maximum absolute atomic E-state index is 11.5. The Bertz CT molecular complexity index is 497. The second kappa shape index (κ2) is 6.02. The second-order valence-corrected chi connectivity index (χ2v) is 6.19. The van der Waals surface area contributed by atoms with Gasteiger partial charge in [0.05, 0.1) is 4.90 Å². The lowest BCUT2D eigenvalue weighted by atomic mass is 9.90. The van der Waals surface area contributed by atoms with Crippen molar-refractivity contribution in [2.24, 2.45) is 5.14 Å².